The van der Waals surface area contributed by atoms with E-state index in [1.54, 1.807) is 19.3 Å². The summed E-state index contributed by atoms with van der Waals surface area (Å²) >= 11 is 0. The summed E-state index contributed by atoms with van der Waals surface area (Å²) in [6, 6.07) is 6.98. The summed E-state index contributed by atoms with van der Waals surface area (Å²) < 4.78 is 0. The first-order valence-electron chi connectivity index (χ1n) is 15.1. The van der Waals surface area contributed by atoms with Gasteiger partial charge in [0, 0.05) is 82.8 Å². The minimum atomic E-state index is 0.114. The molecule has 8 heteroatoms. The molecule has 1 fully saturated rings. The molecule has 0 radical (unpaired) electrons. The van der Waals surface area contributed by atoms with Gasteiger partial charge >= 0.3 is 0 Å². The van der Waals surface area contributed by atoms with E-state index in [0.29, 0.717) is 24.4 Å². The van der Waals surface area contributed by atoms with Gasteiger partial charge in [-0.2, -0.15) is 0 Å². The van der Waals surface area contributed by atoms with E-state index in [1.165, 1.54) is 18.4 Å². The molecule has 2 aliphatic heterocycles. The first-order valence-corrected chi connectivity index (χ1v) is 15.1. The van der Waals surface area contributed by atoms with Gasteiger partial charge in [0.1, 0.15) is 0 Å². The average molecular weight is 544 g/mol. The molecule has 0 saturated carbocycles. The number of fused-ring (bicyclic) bond motifs is 2. The number of rotatable bonds is 9. The number of anilines is 1. The molecule has 40 heavy (non-hydrogen) atoms. The van der Waals surface area contributed by atoms with E-state index in [-0.39, 0.29) is 5.91 Å². The van der Waals surface area contributed by atoms with Gasteiger partial charge < -0.3 is 9.80 Å². The minimum absolute atomic E-state index is 0.114. The normalized spacial score (nSPS) is 19.2. The van der Waals surface area contributed by atoms with Crippen molar-refractivity contribution in [2.75, 3.05) is 37.6 Å². The van der Waals surface area contributed by atoms with Crippen LogP contribution < -0.4 is 4.90 Å². The fraction of sp³-hybridized carbons (Fsp3) is 0.594. The molecule has 0 aliphatic carbocycles. The monoisotopic (exact) mass is 543 g/mol. The fourth-order valence-electron chi connectivity index (χ4n) is 6.32. The molecule has 214 valence electrons. The molecule has 4 atom stereocenters. The zero-order chi connectivity index (χ0) is 28.2. The van der Waals surface area contributed by atoms with Crippen molar-refractivity contribution in [1.82, 2.24) is 29.7 Å². The zero-order valence-corrected chi connectivity index (χ0v) is 24.9. The highest BCUT2D eigenvalue weighted by Crippen LogP contribution is 2.34. The number of piperazine rings is 1. The van der Waals surface area contributed by atoms with Gasteiger partial charge in [-0.1, -0.05) is 40.2 Å². The van der Waals surface area contributed by atoms with Gasteiger partial charge in [-0.15, -0.1) is 0 Å². The Labute approximate surface area is 239 Å². The van der Waals surface area contributed by atoms with E-state index < -0.39 is 0 Å². The van der Waals surface area contributed by atoms with Crippen molar-refractivity contribution in [3.8, 4) is 0 Å². The number of amides is 1. The van der Waals surface area contributed by atoms with Crippen molar-refractivity contribution in [3.63, 3.8) is 0 Å². The Bertz CT molecular complexity index is 1310. The Morgan fingerprint density at radius 3 is 2.40 bits per heavy atom. The number of carbonyl (C=O) groups is 1. The van der Waals surface area contributed by atoms with E-state index in [0.717, 1.165) is 79.7 Å². The van der Waals surface area contributed by atoms with Crippen LogP contribution in [0.3, 0.4) is 0 Å². The minimum Gasteiger partial charge on any atom is -0.338 e. The van der Waals surface area contributed by atoms with Gasteiger partial charge in [0.15, 0.2) is 0 Å². The van der Waals surface area contributed by atoms with Crippen LogP contribution in [0.25, 0.3) is 11.0 Å². The van der Waals surface area contributed by atoms with Crippen LogP contribution in [0.5, 0.6) is 0 Å². The molecule has 1 aromatic carbocycles. The second-order valence-electron chi connectivity index (χ2n) is 12.0. The van der Waals surface area contributed by atoms with Crippen molar-refractivity contribution < 1.29 is 4.79 Å². The molecular formula is C32H45N7O. The highest BCUT2D eigenvalue weighted by molar-refractivity contribution is 5.74. The third-order valence-corrected chi connectivity index (χ3v) is 9.62. The molecular weight excluding hydrogens is 498 g/mol. The Hall–Kier alpha value is -3.13. The lowest BCUT2D eigenvalue weighted by molar-refractivity contribution is -0.129. The van der Waals surface area contributed by atoms with E-state index >= 15 is 0 Å². The quantitative estimate of drug-likeness (QED) is 0.363. The molecule has 0 bridgehead atoms. The Balaban J connectivity index is 1.29. The Morgan fingerprint density at radius 1 is 0.925 bits per heavy atom. The zero-order valence-electron chi connectivity index (χ0n) is 24.9. The van der Waals surface area contributed by atoms with Crippen LogP contribution in [0.15, 0.2) is 36.8 Å². The standard InChI is InChI=1S/C32H45N7O/c1-6-22(2)24(4)23(3)7-10-31(26-8-9-29-30(19-26)34-13-12-33-29)37-15-17-38(18-16-37)32-35-20-27-21-39(25(5)40)14-11-28(27)36-32/h8-9,12-13,19-20,22-24,31H,6-7,10-11,14-18,21H2,1-5H3/t22?,23-,24?,31?/m0/s1. The number of nitrogens with zero attached hydrogens (tertiary/aromatic N) is 7. The maximum atomic E-state index is 11.8. The summed E-state index contributed by atoms with van der Waals surface area (Å²) in [7, 11) is 0. The van der Waals surface area contributed by atoms with Crippen LogP contribution in [-0.4, -0.2) is 68.4 Å². The van der Waals surface area contributed by atoms with Crippen LogP contribution in [0, 0.1) is 17.8 Å². The van der Waals surface area contributed by atoms with Crippen LogP contribution in [0.1, 0.15) is 76.7 Å². The Morgan fingerprint density at radius 2 is 1.68 bits per heavy atom. The van der Waals surface area contributed by atoms with E-state index in [4.69, 9.17) is 9.97 Å². The number of benzene rings is 1. The maximum absolute atomic E-state index is 11.8. The molecule has 8 nitrogen and oxygen atoms in total. The van der Waals surface area contributed by atoms with Gasteiger partial charge in [-0.25, -0.2) is 9.97 Å². The van der Waals surface area contributed by atoms with E-state index in [9.17, 15) is 4.79 Å². The molecule has 3 aromatic rings. The van der Waals surface area contributed by atoms with Crippen LogP contribution in [0.4, 0.5) is 5.95 Å². The van der Waals surface area contributed by atoms with Gasteiger partial charge in [-0.05, 0) is 48.3 Å². The maximum Gasteiger partial charge on any atom is 0.225 e. The molecule has 5 rings (SSSR count). The largest absolute Gasteiger partial charge is 0.338 e. The molecule has 4 heterocycles. The first kappa shape index (κ1) is 28.4. The van der Waals surface area contributed by atoms with Gasteiger partial charge in [0.05, 0.1) is 16.7 Å². The summed E-state index contributed by atoms with van der Waals surface area (Å²) in [6.07, 6.45) is 9.85. The van der Waals surface area contributed by atoms with Gasteiger partial charge in [0.2, 0.25) is 11.9 Å². The second-order valence-corrected chi connectivity index (χ2v) is 12.0. The predicted molar refractivity (Wildman–Crippen MR) is 160 cm³/mol. The van der Waals surface area contributed by atoms with E-state index in [1.807, 2.05) is 11.1 Å². The summed E-state index contributed by atoms with van der Waals surface area (Å²) in [6.45, 7) is 16.3. The summed E-state index contributed by atoms with van der Waals surface area (Å²) in [5.74, 6) is 3.08. The molecule has 2 aromatic heterocycles. The van der Waals surface area contributed by atoms with Crippen molar-refractivity contribution in [2.45, 2.75) is 72.9 Å². The molecule has 1 amide bonds. The number of hydrogen-bond donors (Lipinski definition) is 0. The van der Waals surface area contributed by atoms with E-state index in [2.05, 4.69) is 65.7 Å². The van der Waals surface area contributed by atoms with Crippen LogP contribution in [0.2, 0.25) is 0 Å². The summed E-state index contributed by atoms with van der Waals surface area (Å²) in [5.41, 5.74) is 5.42. The Kier molecular flexibility index (Phi) is 8.94. The number of aromatic nitrogens is 4. The molecule has 0 spiro atoms. The van der Waals surface area contributed by atoms with Crippen molar-refractivity contribution >= 4 is 22.9 Å². The highest BCUT2D eigenvalue weighted by atomic mass is 16.2. The molecule has 2 aliphatic rings. The number of hydrogen-bond acceptors (Lipinski definition) is 7. The predicted octanol–water partition coefficient (Wildman–Crippen LogP) is 5.29. The van der Waals surface area contributed by atoms with Crippen LogP contribution >= 0.6 is 0 Å². The summed E-state index contributed by atoms with van der Waals surface area (Å²) in [5, 5.41) is 0. The molecule has 1 saturated heterocycles. The topological polar surface area (TPSA) is 78.4 Å². The SMILES string of the molecule is CCC(C)C(C)[C@@H](C)CCC(c1ccc2nccnc2c1)N1CCN(c2ncc3c(n2)CCN(C(C)=O)C3)CC1. The van der Waals surface area contributed by atoms with Crippen molar-refractivity contribution in [2.24, 2.45) is 17.8 Å². The highest BCUT2D eigenvalue weighted by Gasteiger charge is 2.29. The van der Waals surface area contributed by atoms with Crippen molar-refractivity contribution in [3.05, 3.63) is 53.6 Å². The average Bonchev–Trinajstić information content (AvgIpc) is 2.99. The second kappa shape index (κ2) is 12.6. The summed E-state index contributed by atoms with van der Waals surface area (Å²) in [4.78, 5) is 37.4. The van der Waals surface area contributed by atoms with Gasteiger partial charge in [0.25, 0.3) is 0 Å². The molecule has 0 N–H and O–H groups in total. The lowest BCUT2D eigenvalue weighted by atomic mass is 9.80. The smallest absolute Gasteiger partial charge is 0.225 e. The fourth-order valence-corrected chi connectivity index (χ4v) is 6.32. The third-order valence-electron chi connectivity index (χ3n) is 9.62. The molecule has 3 unspecified atom stereocenters. The van der Waals surface area contributed by atoms with Crippen molar-refractivity contribution in [1.29, 1.82) is 0 Å². The lowest BCUT2D eigenvalue weighted by Gasteiger charge is -2.40. The van der Waals surface area contributed by atoms with Gasteiger partial charge in [-0.3, -0.25) is 19.7 Å². The third kappa shape index (κ3) is 6.27. The number of carbonyl (C=O) groups excluding carboxylic acids is 1. The van der Waals surface area contributed by atoms with Crippen LogP contribution in [-0.2, 0) is 17.8 Å². The first-order chi connectivity index (χ1) is 19.3. The lowest BCUT2D eigenvalue weighted by Crippen LogP contribution is -2.48.